The quantitative estimate of drug-likeness (QED) is 0.862. The Morgan fingerprint density at radius 1 is 1.10 bits per heavy atom. The van der Waals surface area contributed by atoms with Crippen molar-refractivity contribution in [3.63, 3.8) is 0 Å². The minimum absolute atomic E-state index is 0.145. The summed E-state index contributed by atoms with van der Waals surface area (Å²) in [6.07, 6.45) is 0.593. The fraction of sp³-hybridized carbons (Fsp3) is 0.250. The lowest BCUT2D eigenvalue weighted by Crippen LogP contribution is -2.20. The molecule has 0 aliphatic rings. The molecule has 4 heteroatoms. The number of benzene rings is 2. The van der Waals surface area contributed by atoms with E-state index in [-0.39, 0.29) is 17.7 Å². The average molecular weight is 340 g/mol. The summed E-state index contributed by atoms with van der Waals surface area (Å²) in [6.45, 7) is 1.86. The van der Waals surface area contributed by atoms with E-state index in [2.05, 4.69) is 21.2 Å². The van der Waals surface area contributed by atoms with E-state index >= 15 is 0 Å². The van der Waals surface area contributed by atoms with Gasteiger partial charge in [0.05, 0.1) is 4.47 Å². The van der Waals surface area contributed by atoms with Crippen molar-refractivity contribution in [2.75, 3.05) is 7.05 Å². The second-order valence-corrected chi connectivity index (χ2v) is 5.67. The van der Waals surface area contributed by atoms with E-state index in [0.29, 0.717) is 16.5 Å². The van der Waals surface area contributed by atoms with E-state index in [9.17, 15) is 8.78 Å². The van der Waals surface area contributed by atoms with Crippen LogP contribution in [0, 0.1) is 18.6 Å². The molecular weight excluding hydrogens is 324 g/mol. The first-order valence-corrected chi connectivity index (χ1v) is 7.18. The summed E-state index contributed by atoms with van der Waals surface area (Å²) in [5.41, 5.74) is 2.46. The van der Waals surface area contributed by atoms with Crippen molar-refractivity contribution in [1.29, 1.82) is 0 Å². The van der Waals surface area contributed by atoms with Gasteiger partial charge in [-0.05, 0) is 65.6 Å². The molecular formula is C16H16BrF2N. The van der Waals surface area contributed by atoms with Crippen LogP contribution in [0.1, 0.15) is 22.7 Å². The van der Waals surface area contributed by atoms with Gasteiger partial charge in [-0.1, -0.05) is 18.2 Å². The van der Waals surface area contributed by atoms with Crippen molar-refractivity contribution in [1.82, 2.24) is 5.32 Å². The summed E-state index contributed by atoms with van der Waals surface area (Å²) in [4.78, 5) is 0. The summed E-state index contributed by atoms with van der Waals surface area (Å²) >= 11 is 3.17. The van der Waals surface area contributed by atoms with Gasteiger partial charge in [0.2, 0.25) is 0 Å². The summed E-state index contributed by atoms with van der Waals surface area (Å²) in [6, 6.07) is 9.93. The second-order valence-electron chi connectivity index (χ2n) is 4.82. The third kappa shape index (κ3) is 3.44. The van der Waals surface area contributed by atoms with E-state index in [0.717, 1.165) is 11.1 Å². The van der Waals surface area contributed by atoms with Gasteiger partial charge in [-0.25, -0.2) is 8.78 Å². The van der Waals surface area contributed by atoms with Crippen LogP contribution in [-0.4, -0.2) is 7.05 Å². The monoisotopic (exact) mass is 339 g/mol. The van der Waals surface area contributed by atoms with Gasteiger partial charge in [0.25, 0.3) is 0 Å². The van der Waals surface area contributed by atoms with E-state index < -0.39 is 0 Å². The SMILES string of the molecule is CNC(Cc1ccc(F)c(Br)c1)c1ccc(C)cc1F. The van der Waals surface area contributed by atoms with Crippen LogP contribution in [0.15, 0.2) is 40.9 Å². The zero-order chi connectivity index (χ0) is 14.7. The number of aryl methyl sites for hydroxylation is 1. The first-order valence-electron chi connectivity index (χ1n) is 6.38. The van der Waals surface area contributed by atoms with Crippen molar-refractivity contribution >= 4 is 15.9 Å². The van der Waals surface area contributed by atoms with Crippen LogP contribution in [0.25, 0.3) is 0 Å². The maximum atomic E-state index is 14.0. The van der Waals surface area contributed by atoms with Gasteiger partial charge in [-0.3, -0.25) is 0 Å². The predicted molar refractivity (Wildman–Crippen MR) is 80.7 cm³/mol. The first-order chi connectivity index (χ1) is 9.51. The van der Waals surface area contributed by atoms with Crippen molar-refractivity contribution in [2.45, 2.75) is 19.4 Å². The fourth-order valence-corrected chi connectivity index (χ4v) is 2.61. The van der Waals surface area contributed by atoms with Crippen LogP contribution < -0.4 is 5.32 Å². The van der Waals surface area contributed by atoms with Crippen LogP contribution in [-0.2, 0) is 6.42 Å². The Labute approximate surface area is 126 Å². The highest BCUT2D eigenvalue weighted by atomic mass is 79.9. The molecule has 1 nitrogen and oxygen atoms in total. The molecule has 0 spiro atoms. The molecule has 106 valence electrons. The Bertz CT molecular complexity index is 613. The average Bonchev–Trinajstić information content (AvgIpc) is 2.41. The number of hydrogen-bond acceptors (Lipinski definition) is 1. The summed E-state index contributed by atoms with van der Waals surface area (Å²) in [5.74, 6) is -0.512. The van der Waals surface area contributed by atoms with Crippen molar-refractivity contribution in [2.24, 2.45) is 0 Å². The van der Waals surface area contributed by atoms with Crippen LogP contribution in [0.3, 0.4) is 0 Å². The molecule has 0 radical (unpaired) electrons. The zero-order valence-electron chi connectivity index (χ0n) is 11.4. The molecule has 0 fully saturated rings. The van der Waals surface area contributed by atoms with E-state index in [1.54, 1.807) is 25.2 Å². The van der Waals surface area contributed by atoms with Gasteiger partial charge < -0.3 is 5.32 Å². The molecule has 1 unspecified atom stereocenters. The lowest BCUT2D eigenvalue weighted by Gasteiger charge is -2.18. The second kappa shape index (κ2) is 6.46. The molecule has 0 aromatic heterocycles. The molecule has 2 aromatic carbocycles. The van der Waals surface area contributed by atoms with Gasteiger partial charge in [-0.15, -0.1) is 0 Å². The molecule has 20 heavy (non-hydrogen) atoms. The largest absolute Gasteiger partial charge is 0.313 e. The Balaban J connectivity index is 2.26. The molecule has 2 rings (SSSR count). The third-order valence-electron chi connectivity index (χ3n) is 3.30. The van der Waals surface area contributed by atoms with E-state index in [4.69, 9.17) is 0 Å². The summed E-state index contributed by atoms with van der Waals surface area (Å²) in [7, 11) is 1.79. The maximum absolute atomic E-state index is 14.0. The topological polar surface area (TPSA) is 12.0 Å². The lowest BCUT2D eigenvalue weighted by molar-refractivity contribution is 0.532. The maximum Gasteiger partial charge on any atom is 0.137 e. The summed E-state index contributed by atoms with van der Waals surface area (Å²) < 4.78 is 27.7. The smallest absolute Gasteiger partial charge is 0.137 e. The molecule has 0 bridgehead atoms. The molecule has 1 N–H and O–H groups in total. The van der Waals surface area contributed by atoms with Gasteiger partial charge in [-0.2, -0.15) is 0 Å². The standard InChI is InChI=1S/C16H16BrF2N/c1-10-3-5-12(15(19)7-10)16(20-2)9-11-4-6-14(18)13(17)8-11/h3-8,16,20H,9H2,1-2H3. The van der Waals surface area contributed by atoms with E-state index in [1.165, 1.54) is 12.1 Å². The van der Waals surface area contributed by atoms with Gasteiger partial charge in [0, 0.05) is 11.6 Å². The molecule has 0 aliphatic heterocycles. The summed E-state index contributed by atoms with van der Waals surface area (Å²) in [5, 5.41) is 3.11. The lowest BCUT2D eigenvalue weighted by atomic mass is 9.97. The Morgan fingerprint density at radius 3 is 2.45 bits per heavy atom. The number of likely N-dealkylation sites (N-methyl/N-ethyl adjacent to an activating group) is 1. The fourth-order valence-electron chi connectivity index (χ4n) is 2.18. The van der Waals surface area contributed by atoms with Crippen molar-refractivity contribution in [3.8, 4) is 0 Å². The number of halogens is 3. The van der Waals surface area contributed by atoms with Gasteiger partial charge in [0.15, 0.2) is 0 Å². The number of rotatable bonds is 4. The Morgan fingerprint density at radius 2 is 1.85 bits per heavy atom. The highest BCUT2D eigenvalue weighted by molar-refractivity contribution is 9.10. The van der Waals surface area contributed by atoms with Gasteiger partial charge >= 0.3 is 0 Å². The Hall–Kier alpha value is -1.26. The molecule has 2 aromatic rings. The number of hydrogen-bond donors (Lipinski definition) is 1. The van der Waals surface area contributed by atoms with Crippen LogP contribution in [0.5, 0.6) is 0 Å². The molecule has 0 saturated carbocycles. The normalized spacial score (nSPS) is 12.4. The number of nitrogens with one attached hydrogen (secondary N) is 1. The molecule has 0 saturated heterocycles. The molecule has 0 amide bonds. The minimum Gasteiger partial charge on any atom is -0.313 e. The highest BCUT2D eigenvalue weighted by Gasteiger charge is 2.15. The Kier molecular flexibility index (Phi) is 4.89. The minimum atomic E-state index is -0.295. The third-order valence-corrected chi connectivity index (χ3v) is 3.91. The van der Waals surface area contributed by atoms with Crippen LogP contribution in [0.2, 0.25) is 0 Å². The molecule has 0 heterocycles. The first kappa shape index (κ1) is 15.1. The zero-order valence-corrected chi connectivity index (χ0v) is 13.0. The van der Waals surface area contributed by atoms with Crippen molar-refractivity contribution in [3.05, 3.63) is 69.2 Å². The molecule has 0 aliphatic carbocycles. The predicted octanol–water partition coefficient (Wildman–Crippen LogP) is 4.54. The molecule has 1 atom stereocenters. The van der Waals surface area contributed by atoms with Crippen molar-refractivity contribution < 1.29 is 8.78 Å². The van der Waals surface area contributed by atoms with Crippen LogP contribution >= 0.6 is 15.9 Å². The highest BCUT2D eigenvalue weighted by Crippen LogP contribution is 2.24. The van der Waals surface area contributed by atoms with E-state index in [1.807, 2.05) is 13.0 Å². The van der Waals surface area contributed by atoms with Crippen LogP contribution in [0.4, 0.5) is 8.78 Å². The van der Waals surface area contributed by atoms with Gasteiger partial charge in [0.1, 0.15) is 11.6 Å².